The first kappa shape index (κ1) is 10.2. The summed E-state index contributed by atoms with van der Waals surface area (Å²) in [5.41, 5.74) is 0.884. The Hall–Kier alpha value is -1.37. The largest absolute Gasteiger partial charge is 0.298 e. The van der Waals surface area contributed by atoms with E-state index in [1.165, 1.54) is 5.57 Å². The third-order valence-electron chi connectivity index (χ3n) is 3.43. The van der Waals surface area contributed by atoms with Crippen LogP contribution >= 0.6 is 0 Å². The highest BCUT2D eigenvalue weighted by molar-refractivity contribution is 5.93. The van der Waals surface area contributed by atoms with Crippen molar-refractivity contribution in [2.24, 2.45) is 11.3 Å². The van der Waals surface area contributed by atoms with Crippen LogP contribution in [0, 0.1) is 11.3 Å². The fourth-order valence-corrected chi connectivity index (χ4v) is 2.51. The number of hydrogen-bond donors (Lipinski definition) is 0. The third-order valence-corrected chi connectivity index (χ3v) is 3.43. The van der Waals surface area contributed by atoms with Gasteiger partial charge in [-0.3, -0.25) is 4.79 Å². The topological polar surface area (TPSA) is 17.1 Å². The average molecular weight is 200 g/mol. The average Bonchev–Trinajstić information content (AvgIpc) is 2.40. The number of carbonyl (C=O) groups is 1. The van der Waals surface area contributed by atoms with E-state index in [9.17, 15) is 4.79 Å². The van der Waals surface area contributed by atoms with Crippen molar-refractivity contribution >= 4 is 5.78 Å². The van der Waals surface area contributed by atoms with Crippen molar-refractivity contribution in [3.05, 3.63) is 48.6 Å². The van der Waals surface area contributed by atoms with Crippen molar-refractivity contribution in [2.45, 2.75) is 19.8 Å². The summed E-state index contributed by atoms with van der Waals surface area (Å²) in [5.74, 6) is 0.688. The zero-order valence-electron chi connectivity index (χ0n) is 9.07. The second-order valence-electron chi connectivity index (χ2n) is 4.42. The molecule has 0 N–H and O–H groups in total. The zero-order chi connectivity index (χ0) is 10.9. The molecule has 0 aromatic heterocycles. The number of carbonyl (C=O) groups excluding carboxylic acids is 1. The van der Waals surface area contributed by atoms with Crippen molar-refractivity contribution in [2.75, 3.05) is 0 Å². The van der Waals surface area contributed by atoms with Gasteiger partial charge in [0.05, 0.1) is 5.41 Å². The minimum atomic E-state index is -0.364. The normalized spacial score (nSPS) is 33.5. The van der Waals surface area contributed by atoms with Gasteiger partial charge in [-0.2, -0.15) is 0 Å². The lowest BCUT2D eigenvalue weighted by atomic mass is 9.81. The van der Waals surface area contributed by atoms with Crippen LogP contribution in [0.4, 0.5) is 0 Å². The number of allylic oxidation sites excluding steroid dienone is 7. The van der Waals surface area contributed by atoms with E-state index in [0.29, 0.717) is 18.1 Å². The van der Waals surface area contributed by atoms with Crippen LogP contribution in [-0.2, 0) is 4.79 Å². The Bertz CT molecular complexity index is 384. The highest BCUT2D eigenvalue weighted by Crippen LogP contribution is 2.46. The number of fused-ring (bicyclic) bond motifs is 1. The predicted octanol–water partition coefficient (Wildman–Crippen LogP) is 3.21. The number of hydrogen-bond acceptors (Lipinski definition) is 1. The van der Waals surface area contributed by atoms with E-state index in [2.05, 4.69) is 12.7 Å². The summed E-state index contributed by atoms with van der Waals surface area (Å²) >= 11 is 0. The van der Waals surface area contributed by atoms with E-state index >= 15 is 0 Å². The molecule has 0 aromatic carbocycles. The van der Waals surface area contributed by atoms with E-state index in [-0.39, 0.29) is 5.41 Å². The Balaban J connectivity index is 2.43. The fraction of sp³-hybridized carbons (Fsp3) is 0.357. The molecule has 0 aliphatic heterocycles. The first-order chi connectivity index (χ1) is 7.18. The van der Waals surface area contributed by atoms with Crippen LogP contribution in [0.5, 0.6) is 0 Å². The van der Waals surface area contributed by atoms with Crippen molar-refractivity contribution in [1.29, 1.82) is 0 Å². The lowest BCUT2D eigenvalue weighted by Crippen LogP contribution is -2.20. The quantitative estimate of drug-likeness (QED) is 0.625. The molecule has 0 radical (unpaired) electrons. The summed E-state index contributed by atoms with van der Waals surface area (Å²) in [7, 11) is 0. The molecule has 2 aliphatic carbocycles. The van der Waals surface area contributed by atoms with Gasteiger partial charge in [0, 0.05) is 6.42 Å². The summed E-state index contributed by atoms with van der Waals surface area (Å²) in [6.45, 7) is 5.78. The molecule has 1 heteroatoms. The smallest absolute Gasteiger partial charge is 0.147 e. The minimum Gasteiger partial charge on any atom is -0.298 e. The summed E-state index contributed by atoms with van der Waals surface area (Å²) in [5, 5.41) is 0. The van der Waals surface area contributed by atoms with Gasteiger partial charge in [0.2, 0.25) is 0 Å². The Kier molecular flexibility index (Phi) is 2.47. The Labute approximate surface area is 90.9 Å². The summed E-state index contributed by atoms with van der Waals surface area (Å²) < 4.78 is 0. The van der Waals surface area contributed by atoms with Crippen LogP contribution in [0.15, 0.2) is 48.6 Å². The van der Waals surface area contributed by atoms with Gasteiger partial charge in [0.25, 0.3) is 0 Å². The molecule has 15 heavy (non-hydrogen) atoms. The molecule has 0 heterocycles. The highest BCUT2D eigenvalue weighted by atomic mass is 16.1. The lowest BCUT2D eigenvalue weighted by molar-refractivity contribution is -0.122. The summed E-state index contributed by atoms with van der Waals surface area (Å²) in [6.07, 6.45) is 13.6. The van der Waals surface area contributed by atoms with Crippen molar-refractivity contribution in [1.82, 2.24) is 0 Å². The van der Waals surface area contributed by atoms with Crippen LogP contribution in [-0.4, -0.2) is 5.78 Å². The molecule has 78 valence electrons. The number of Topliss-reactive ketones (excluding diaryl/α,β-unsaturated/α-hetero) is 1. The molecule has 0 aromatic rings. The molecule has 2 rings (SSSR count). The molecule has 0 spiro atoms. The van der Waals surface area contributed by atoms with Gasteiger partial charge in [0.15, 0.2) is 0 Å². The van der Waals surface area contributed by atoms with E-state index in [4.69, 9.17) is 0 Å². The molecular formula is C14H16O. The second-order valence-corrected chi connectivity index (χ2v) is 4.42. The van der Waals surface area contributed by atoms with E-state index in [1.54, 1.807) is 0 Å². The summed E-state index contributed by atoms with van der Waals surface area (Å²) in [6, 6.07) is 0. The molecule has 1 saturated carbocycles. The van der Waals surface area contributed by atoms with Gasteiger partial charge < -0.3 is 0 Å². The molecule has 2 atom stereocenters. The fourth-order valence-electron chi connectivity index (χ4n) is 2.51. The number of ketones is 1. The van der Waals surface area contributed by atoms with E-state index in [0.717, 1.165) is 6.42 Å². The third kappa shape index (κ3) is 1.52. The maximum Gasteiger partial charge on any atom is 0.147 e. The standard InChI is InChI=1S/C14H16O/c1-3-7-11-10-13(15)14(2)9-6-4-5-8-12(11)14/h3-6,8-9,11H,1,7,10H2,2H3/t11-,14-/m0/s1. The van der Waals surface area contributed by atoms with Gasteiger partial charge in [-0.1, -0.05) is 36.5 Å². The van der Waals surface area contributed by atoms with Crippen LogP contribution in [0.25, 0.3) is 0 Å². The van der Waals surface area contributed by atoms with Crippen molar-refractivity contribution in [3.8, 4) is 0 Å². The van der Waals surface area contributed by atoms with Crippen molar-refractivity contribution < 1.29 is 4.79 Å². The van der Waals surface area contributed by atoms with Crippen LogP contribution in [0.3, 0.4) is 0 Å². The molecule has 0 amide bonds. The van der Waals surface area contributed by atoms with Gasteiger partial charge in [-0.25, -0.2) is 0 Å². The van der Waals surface area contributed by atoms with E-state index < -0.39 is 0 Å². The maximum absolute atomic E-state index is 12.0. The second kappa shape index (κ2) is 3.65. The Morgan fingerprint density at radius 1 is 1.53 bits per heavy atom. The maximum atomic E-state index is 12.0. The minimum absolute atomic E-state index is 0.334. The van der Waals surface area contributed by atoms with Gasteiger partial charge >= 0.3 is 0 Å². The van der Waals surface area contributed by atoms with Crippen LogP contribution in [0.2, 0.25) is 0 Å². The SMILES string of the molecule is C=CC[C@H]1CC(=O)[C@@]2(C)C=CC=CC=C12. The van der Waals surface area contributed by atoms with Gasteiger partial charge in [-0.15, -0.1) is 6.58 Å². The van der Waals surface area contributed by atoms with Crippen molar-refractivity contribution in [3.63, 3.8) is 0 Å². The monoisotopic (exact) mass is 200 g/mol. The molecule has 1 nitrogen and oxygen atoms in total. The Morgan fingerprint density at radius 3 is 3.07 bits per heavy atom. The predicted molar refractivity (Wildman–Crippen MR) is 62.4 cm³/mol. The van der Waals surface area contributed by atoms with E-state index in [1.807, 2.05) is 37.3 Å². The molecular weight excluding hydrogens is 184 g/mol. The zero-order valence-corrected chi connectivity index (χ0v) is 9.07. The molecule has 1 fully saturated rings. The highest BCUT2D eigenvalue weighted by Gasteiger charge is 2.44. The lowest BCUT2D eigenvalue weighted by Gasteiger charge is -2.21. The molecule has 0 bridgehead atoms. The Morgan fingerprint density at radius 2 is 2.33 bits per heavy atom. The number of rotatable bonds is 2. The first-order valence-electron chi connectivity index (χ1n) is 5.39. The van der Waals surface area contributed by atoms with Gasteiger partial charge in [-0.05, 0) is 24.8 Å². The van der Waals surface area contributed by atoms with Crippen LogP contribution in [0.1, 0.15) is 19.8 Å². The molecule has 0 unspecified atom stereocenters. The van der Waals surface area contributed by atoms with Crippen LogP contribution < -0.4 is 0 Å². The first-order valence-corrected chi connectivity index (χ1v) is 5.39. The molecule has 2 aliphatic rings. The summed E-state index contributed by atoms with van der Waals surface area (Å²) in [4.78, 5) is 12.0. The van der Waals surface area contributed by atoms with Gasteiger partial charge in [0.1, 0.15) is 5.78 Å². The molecule has 0 saturated heterocycles.